The molecule has 2 aromatic carbocycles. The standard InChI is InChI=1S/C20H23N5O2/c1-26-17-9-7-15(8-10-17)13-22-19-14-23-25-20(24-19)21-12-11-16-5-3-4-6-18(16)27-2/h3-10,14H,11-13H2,1-2H3,(H2,21,22,24,25). The van der Waals surface area contributed by atoms with Crippen molar-refractivity contribution in [2.24, 2.45) is 0 Å². The molecule has 3 aromatic rings. The zero-order valence-corrected chi connectivity index (χ0v) is 15.5. The van der Waals surface area contributed by atoms with Gasteiger partial charge in [-0.1, -0.05) is 30.3 Å². The van der Waals surface area contributed by atoms with E-state index in [0.29, 0.717) is 24.9 Å². The van der Waals surface area contributed by atoms with E-state index in [2.05, 4.69) is 25.8 Å². The summed E-state index contributed by atoms with van der Waals surface area (Å²) >= 11 is 0. The molecule has 0 aliphatic heterocycles. The topological polar surface area (TPSA) is 81.2 Å². The van der Waals surface area contributed by atoms with Crippen molar-refractivity contribution in [3.63, 3.8) is 0 Å². The van der Waals surface area contributed by atoms with Crippen LogP contribution in [0.5, 0.6) is 11.5 Å². The van der Waals surface area contributed by atoms with Gasteiger partial charge in [0.15, 0.2) is 5.82 Å². The predicted octanol–water partition coefficient (Wildman–Crippen LogP) is 3.16. The highest BCUT2D eigenvalue weighted by molar-refractivity contribution is 5.39. The van der Waals surface area contributed by atoms with Gasteiger partial charge in [-0.3, -0.25) is 0 Å². The number of aromatic nitrogens is 3. The van der Waals surface area contributed by atoms with Crippen molar-refractivity contribution in [2.45, 2.75) is 13.0 Å². The largest absolute Gasteiger partial charge is 0.497 e. The second-order valence-electron chi connectivity index (χ2n) is 5.86. The van der Waals surface area contributed by atoms with Gasteiger partial charge in [-0.2, -0.15) is 10.1 Å². The van der Waals surface area contributed by atoms with Gasteiger partial charge >= 0.3 is 0 Å². The first-order valence-corrected chi connectivity index (χ1v) is 8.71. The molecule has 0 bridgehead atoms. The maximum atomic E-state index is 5.37. The van der Waals surface area contributed by atoms with Crippen LogP contribution < -0.4 is 20.1 Å². The first kappa shape index (κ1) is 18.4. The molecule has 0 aliphatic carbocycles. The Hall–Kier alpha value is -3.35. The zero-order chi connectivity index (χ0) is 18.9. The van der Waals surface area contributed by atoms with Crippen LogP contribution in [0.3, 0.4) is 0 Å². The number of methoxy groups -OCH3 is 2. The van der Waals surface area contributed by atoms with Gasteiger partial charge in [-0.15, -0.1) is 5.10 Å². The maximum absolute atomic E-state index is 5.37. The van der Waals surface area contributed by atoms with E-state index in [1.807, 2.05) is 48.5 Å². The number of nitrogens with zero attached hydrogens (tertiary/aromatic N) is 3. The minimum Gasteiger partial charge on any atom is -0.497 e. The lowest BCUT2D eigenvalue weighted by Gasteiger charge is -2.10. The zero-order valence-electron chi connectivity index (χ0n) is 15.5. The SMILES string of the molecule is COc1ccc(CNc2cnnc(NCCc3ccccc3OC)n2)cc1. The Bertz CT molecular complexity index is 855. The van der Waals surface area contributed by atoms with E-state index in [4.69, 9.17) is 9.47 Å². The molecule has 0 radical (unpaired) electrons. The molecule has 1 aromatic heterocycles. The monoisotopic (exact) mass is 365 g/mol. The van der Waals surface area contributed by atoms with Crippen LogP contribution in [0.15, 0.2) is 54.7 Å². The third-order valence-electron chi connectivity index (χ3n) is 4.06. The Morgan fingerprint density at radius 2 is 1.74 bits per heavy atom. The Morgan fingerprint density at radius 1 is 0.926 bits per heavy atom. The quantitative estimate of drug-likeness (QED) is 0.603. The molecular weight excluding hydrogens is 342 g/mol. The molecule has 0 fully saturated rings. The molecule has 2 N–H and O–H groups in total. The van der Waals surface area contributed by atoms with Crippen molar-refractivity contribution in [2.75, 3.05) is 31.4 Å². The molecule has 0 amide bonds. The minimum atomic E-state index is 0.490. The molecular formula is C20H23N5O2. The molecule has 0 saturated carbocycles. The third kappa shape index (κ3) is 5.31. The predicted molar refractivity (Wildman–Crippen MR) is 105 cm³/mol. The fraction of sp³-hybridized carbons (Fsp3) is 0.250. The van der Waals surface area contributed by atoms with Gasteiger partial charge in [0, 0.05) is 13.1 Å². The van der Waals surface area contributed by atoms with E-state index >= 15 is 0 Å². The van der Waals surface area contributed by atoms with E-state index in [1.165, 1.54) is 0 Å². The molecule has 0 saturated heterocycles. The Labute approximate surface area is 158 Å². The normalized spacial score (nSPS) is 10.3. The van der Waals surface area contributed by atoms with Crippen LogP contribution >= 0.6 is 0 Å². The molecule has 140 valence electrons. The average Bonchev–Trinajstić information content (AvgIpc) is 2.73. The van der Waals surface area contributed by atoms with E-state index in [0.717, 1.165) is 29.0 Å². The molecule has 7 heteroatoms. The van der Waals surface area contributed by atoms with E-state index in [-0.39, 0.29) is 0 Å². The summed E-state index contributed by atoms with van der Waals surface area (Å²) in [5, 5.41) is 14.5. The highest BCUT2D eigenvalue weighted by Crippen LogP contribution is 2.18. The van der Waals surface area contributed by atoms with Gasteiger partial charge in [-0.05, 0) is 35.7 Å². The number of rotatable bonds is 9. The highest BCUT2D eigenvalue weighted by Gasteiger charge is 2.04. The number of hydrogen-bond acceptors (Lipinski definition) is 7. The minimum absolute atomic E-state index is 0.490. The Kier molecular flexibility index (Phi) is 6.40. The number of benzene rings is 2. The van der Waals surface area contributed by atoms with Crippen molar-refractivity contribution in [3.05, 3.63) is 65.9 Å². The number of para-hydroxylation sites is 1. The van der Waals surface area contributed by atoms with Crippen molar-refractivity contribution in [3.8, 4) is 11.5 Å². The van der Waals surface area contributed by atoms with E-state index < -0.39 is 0 Å². The number of anilines is 2. The summed E-state index contributed by atoms with van der Waals surface area (Å²) in [6, 6.07) is 15.8. The lowest BCUT2D eigenvalue weighted by Crippen LogP contribution is -2.11. The second kappa shape index (κ2) is 9.38. The van der Waals surface area contributed by atoms with Crippen LogP contribution in [-0.2, 0) is 13.0 Å². The fourth-order valence-corrected chi connectivity index (χ4v) is 2.62. The highest BCUT2D eigenvalue weighted by atomic mass is 16.5. The Balaban J connectivity index is 1.52. The van der Waals surface area contributed by atoms with Crippen LogP contribution in [0, 0.1) is 0 Å². The van der Waals surface area contributed by atoms with Gasteiger partial charge < -0.3 is 20.1 Å². The summed E-state index contributed by atoms with van der Waals surface area (Å²) in [5.41, 5.74) is 2.26. The Morgan fingerprint density at radius 3 is 2.52 bits per heavy atom. The maximum Gasteiger partial charge on any atom is 0.244 e. The summed E-state index contributed by atoms with van der Waals surface area (Å²) in [5.74, 6) is 2.88. The third-order valence-corrected chi connectivity index (χ3v) is 4.06. The smallest absolute Gasteiger partial charge is 0.244 e. The van der Waals surface area contributed by atoms with E-state index in [1.54, 1.807) is 20.4 Å². The fourth-order valence-electron chi connectivity index (χ4n) is 2.62. The van der Waals surface area contributed by atoms with Crippen LogP contribution in [0.2, 0.25) is 0 Å². The van der Waals surface area contributed by atoms with Crippen LogP contribution in [-0.4, -0.2) is 35.9 Å². The summed E-state index contributed by atoms with van der Waals surface area (Å²) in [7, 11) is 3.33. The molecule has 7 nitrogen and oxygen atoms in total. The average molecular weight is 365 g/mol. The van der Waals surface area contributed by atoms with Crippen LogP contribution in [0.25, 0.3) is 0 Å². The van der Waals surface area contributed by atoms with Crippen molar-refractivity contribution in [1.82, 2.24) is 15.2 Å². The molecule has 3 rings (SSSR count). The lowest BCUT2D eigenvalue weighted by atomic mass is 10.1. The first-order chi connectivity index (χ1) is 13.3. The molecule has 0 aliphatic rings. The first-order valence-electron chi connectivity index (χ1n) is 8.71. The number of nitrogens with one attached hydrogen (secondary N) is 2. The summed E-state index contributed by atoms with van der Waals surface area (Å²) < 4.78 is 10.5. The summed E-state index contributed by atoms with van der Waals surface area (Å²) in [6.07, 6.45) is 2.41. The summed E-state index contributed by atoms with van der Waals surface area (Å²) in [6.45, 7) is 1.33. The molecule has 1 heterocycles. The van der Waals surface area contributed by atoms with Gasteiger partial charge in [0.2, 0.25) is 5.95 Å². The number of hydrogen-bond donors (Lipinski definition) is 2. The van der Waals surface area contributed by atoms with Crippen molar-refractivity contribution in [1.29, 1.82) is 0 Å². The van der Waals surface area contributed by atoms with Gasteiger partial charge in [0.25, 0.3) is 0 Å². The van der Waals surface area contributed by atoms with Gasteiger partial charge in [0.05, 0.1) is 20.4 Å². The van der Waals surface area contributed by atoms with Crippen LogP contribution in [0.1, 0.15) is 11.1 Å². The van der Waals surface area contributed by atoms with Crippen molar-refractivity contribution < 1.29 is 9.47 Å². The van der Waals surface area contributed by atoms with Gasteiger partial charge in [0.1, 0.15) is 11.5 Å². The second-order valence-corrected chi connectivity index (χ2v) is 5.86. The van der Waals surface area contributed by atoms with Gasteiger partial charge in [-0.25, -0.2) is 0 Å². The summed E-state index contributed by atoms with van der Waals surface area (Å²) in [4.78, 5) is 4.44. The molecule has 0 unspecified atom stereocenters. The molecule has 0 atom stereocenters. The number of ether oxygens (including phenoxy) is 2. The lowest BCUT2D eigenvalue weighted by molar-refractivity contribution is 0.410. The van der Waals surface area contributed by atoms with E-state index in [9.17, 15) is 0 Å². The van der Waals surface area contributed by atoms with Crippen LogP contribution in [0.4, 0.5) is 11.8 Å². The molecule has 27 heavy (non-hydrogen) atoms. The van der Waals surface area contributed by atoms with Crippen molar-refractivity contribution >= 4 is 11.8 Å². The molecule has 0 spiro atoms.